The Morgan fingerprint density at radius 1 is 0.933 bits per heavy atom. The van der Waals surface area contributed by atoms with Crippen LogP contribution in [0.5, 0.6) is 0 Å². The fraction of sp³-hybridized carbons (Fsp3) is 0.714. The van der Waals surface area contributed by atoms with Crippen LogP contribution in [0.1, 0.15) is 78.7 Å². The summed E-state index contributed by atoms with van der Waals surface area (Å²) in [6.45, 7) is 12.6. The average molecular weight is 408 g/mol. The summed E-state index contributed by atoms with van der Waals surface area (Å²) in [4.78, 5) is 3.53. The minimum Gasteiger partial charge on any atom is -0.393 e. The smallest absolute Gasteiger partial charge is 0.0571 e. The number of hydrogen-bond donors (Lipinski definition) is 2. The van der Waals surface area contributed by atoms with Gasteiger partial charge in [0.1, 0.15) is 0 Å². The lowest BCUT2D eigenvalue weighted by Crippen LogP contribution is -2.61. The van der Waals surface area contributed by atoms with E-state index in [1.807, 2.05) is 0 Å². The number of benzene rings is 1. The quantitative estimate of drug-likeness (QED) is 0.553. The van der Waals surface area contributed by atoms with E-state index in [0.29, 0.717) is 22.2 Å². The molecule has 2 heteroatoms. The third-order valence-corrected chi connectivity index (χ3v) is 11.0. The molecule has 0 aliphatic heterocycles. The lowest BCUT2D eigenvalue weighted by molar-refractivity contribution is -0.195. The summed E-state index contributed by atoms with van der Waals surface area (Å²) in [7, 11) is 0. The lowest BCUT2D eigenvalue weighted by Gasteiger charge is -2.67. The van der Waals surface area contributed by atoms with Crippen LogP contribution in [0, 0.1) is 39.9 Å². The molecule has 3 fully saturated rings. The zero-order chi connectivity index (χ0) is 21.3. The predicted molar refractivity (Wildman–Crippen MR) is 125 cm³/mol. The molecule has 2 N–H and O–H groups in total. The van der Waals surface area contributed by atoms with Crippen molar-refractivity contribution in [2.45, 2.75) is 85.7 Å². The molecule has 0 saturated heterocycles. The molecule has 0 amide bonds. The van der Waals surface area contributed by atoms with Crippen LogP contribution in [-0.2, 0) is 6.42 Å². The second kappa shape index (κ2) is 6.86. The first-order chi connectivity index (χ1) is 14.2. The van der Waals surface area contributed by atoms with Crippen molar-refractivity contribution in [3.8, 4) is 0 Å². The molecule has 2 nitrogen and oxygen atoms in total. The Kier molecular flexibility index (Phi) is 4.71. The van der Waals surface area contributed by atoms with E-state index in [9.17, 15) is 5.11 Å². The maximum atomic E-state index is 10.7. The highest BCUT2D eigenvalue weighted by Gasteiger charge is 2.63. The van der Waals surface area contributed by atoms with Crippen molar-refractivity contribution < 1.29 is 5.11 Å². The van der Waals surface area contributed by atoms with Crippen LogP contribution in [0.3, 0.4) is 0 Å². The van der Waals surface area contributed by atoms with E-state index >= 15 is 0 Å². The minimum absolute atomic E-state index is 0.105. The van der Waals surface area contributed by atoms with Crippen LogP contribution in [-0.4, -0.2) is 16.2 Å². The van der Waals surface area contributed by atoms with Gasteiger partial charge in [0.25, 0.3) is 0 Å². The number of aromatic nitrogens is 1. The molecule has 2 aromatic rings. The fourth-order valence-electron chi connectivity index (χ4n) is 8.80. The van der Waals surface area contributed by atoms with Gasteiger partial charge in [-0.15, -0.1) is 0 Å². The number of para-hydroxylation sites is 1. The number of aliphatic hydroxyl groups excluding tert-OH is 1. The average Bonchev–Trinajstić information content (AvgIpc) is 3.12. The Bertz CT molecular complexity index is 932. The number of aromatic amines is 1. The van der Waals surface area contributed by atoms with Gasteiger partial charge < -0.3 is 10.1 Å². The Hall–Kier alpha value is -1.28. The second-order valence-corrected chi connectivity index (χ2v) is 12.1. The van der Waals surface area contributed by atoms with Crippen molar-refractivity contribution >= 4 is 10.9 Å². The van der Waals surface area contributed by atoms with E-state index in [4.69, 9.17) is 0 Å². The summed E-state index contributed by atoms with van der Waals surface area (Å²) < 4.78 is 0. The highest BCUT2D eigenvalue weighted by molar-refractivity contribution is 5.83. The highest BCUT2D eigenvalue weighted by Crippen LogP contribution is 2.69. The molecule has 1 aromatic heterocycles. The highest BCUT2D eigenvalue weighted by atomic mass is 16.3. The molecule has 1 aromatic carbocycles. The summed E-state index contributed by atoms with van der Waals surface area (Å²) >= 11 is 0. The van der Waals surface area contributed by atoms with E-state index in [2.05, 4.69) is 70.1 Å². The van der Waals surface area contributed by atoms with E-state index in [1.165, 1.54) is 55.0 Å². The van der Waals surface area contributed by atoms with Gasteiger partial charge in [-0.05, 0) is 96.5 Å². The first-order valence-corrected chi connectivity index (χ1v) is 12.4. The Morgan fingerprint density at radius 3 is 2.47 bits per heavy atom. The van der Waals surface area contributed by atoms with Crippen LogP contribution < -0.4 is 0 Å². The standard InChI is InChI=1S/C28H41NO/c1-18-12-14-27(4)24-11-10-23(30)19(2)26(24,3)15-13-25(27)28(18,5)16-20-17-29-22-9-7-6-8-21(20)22/h6-9,17-19,23-25,29-30H,10-16H2,1-5H3. The van der Waals surface area contributed by atoms with Crippen molar-refractivity contribution in [1.82, 2.24) is 4.98 Å². The summed E-state index contributed by atoms with van der Waals surface area (Å²) in [5, 5.41) is 12.1. The van der Waals surface area contributed by atoms with Gasteiger partial charge in [0.2, 0.25) is 0 Å². The van der Waals surface area contributed by atoms with E-state index in [1.54, 1.807) is 0 Å². The normalized spacial score (nSPS) is 46.4. The van der Waals surface area contributed by atoms with Crippen molar-refractivity contribution in [3.05, 3.63) is 36.0 Å². The molecule has 3 aliphatic rings. The monoisotopic (exact) mass is 407 g/mol. The lowest BCUT2D eigenvalue weighted by atomic mass is 9.37. The van der Waals surface area contributed by atoms with Crippen molar-refractivity contribution in [3.63, 3.8) is 0 Å². The fourth-order valence-corrected chi connectivity index (χ4v) is 8.80. The van der Waals surface area contributed by atoms with Crippen LogP contribution in [0.25, 0.3) is 10.9 Å². The molecule has 5 rings (SSSR count). The topological polar surface area (TPSA) is 36.0 Å². The molecule has 3 aliphatic carbocycles. The molecule has 0 bridgehead atoms. The van der Waals surface area contributed by atoms with Gasteiger partial charge in [0.05, 0.1) is 6.10 Å². The zero-order valence-electron chi connectivity index (χ0n) is 19.7. The van der Waals surface area contributed by atoms with Gasteiger partial charge in [0.15, 0.2) is 0 Å². The number of aliphatic hydroxyl groups is 1. The number of H-pyrrole nitrogens is 1. The summed E-state index contributed by atoms with van der Waals surface area (Å²) in [5.41, 5.74) is 3.80. The van der Waals surface area contributed by atoms with Gasteiger partial charge in [-0.1, -0.05) is 52.8 Å². The molecule has 0 spiro atoms. The maximum Gasteiger partial charge on any atom is 0.0571 e. The number of rotatable bonds is 2. The summed E-state index contributed by atoms with van der Waals surface area (Å²) in [6.07, 6.45) is 10.9. The van der Waals surface area contributed by atoms with E-state index < -0.39 is 0 Å². The summed E-state index contributed by atoms with van der Waals surface area (Å²) in [5.74, 6) is 2.69. The maximum absolute atomic E-state index is 10.7. The Labute approximate surface area is 182 Å². The van der Waals surface area contributed by atoms with Gasteiger partial charge in [-0.25, -0.2) is 0 Å². The van der Waals surface area contributed by atoms with Crippen LogP contribution >= 0.6 is 0 Å². The molecule has 8 atom stereocenters. The molecule has 1 heterocycles. The number of nitrogens with one attached hydrogen (secondary N) is 1. The minimum atomic E-state index is -0.105. The number of fused-ring (bicyclic) bond motifs is 4. The van der Waals surface area contributed by atoms with Crippen LogP contribution in [0.4, 0.5) is 0 Å². The molecule has 30 heavy (non-hydrogen) atoms. The largest absolute Gasteiger partial charge is 0.393 e. The first kappa shape index (κ1) is 20.6. The zero-order valence-corrected chi connectivity index (χ0v) is 19.7. The molecular weight excluding hydrogens is 366 g/mol. The van der Waals surface area contributed by atoms with Gasteiger partial charge in [-0.2, -0.15) is 0 Å². The molecule has 3 saturated carbocycles. The third-order valence-electron chi connectivity index (χ3n) is 11.0. The SMILES string of the molecule is CC1CCC2(C)C(CCC3(C)C(C)C(O)CCC32)C1(C)Cc1c[nH]c2ccccc12. The first-order valence-electron chi connectivity index (χ1n) is 12.4. The van der Waals surface area contributed by atoms with Gasteiger partial charge in [0, 0.05) is 17.1 Å². The molecule has 8 unspecified atom stereocenters. The summed E-state index contributed by atoms with van der Waals surface area (Å²) in [6, 6.07) is 8.80. The predicted octanol–water partition coefficient (Wildman–Crippen LogP) is 6.98. The van der Waals surface area contributed by atoms with Crippen LogP contribution in [0.15, 0.2) is 30.5 Å². The Balaban J connectivity index is 1.53. The second-order valence-electron chi connectivity index (χ2n) is 12.1. The van der Waals surface area contributed by atoms with Crippen molar-refractivity contribution in [2.24, 2.45) is 39.9 Å². The number of hydrogen-bond acceptors (Lipinski definition) is 1. The van der Waals surface area contributed by atoms with Gasteiger partial charge in [-0.3, -0.25) is 0 Å². The van der Waals surface area contributed by atoms with E-state index in [-0.39, 0.29) is 6.10 Å². The van der Waals surface area contributed by atoms with E-state index in [0.717, 1.165) is 24.2 Å². The Morgan fingerprint density at radius 2 is 1.67 bits per heavy atom. The molecule has 164 valence electrons. The van der Waals surface area contributed by atoms with Crippen molar-refractivity contribution in [1.29, 1.82) is 0 Å². The van der Waals surface area contributed by atoms with Gasteiger partial charge >= 0.3 is 0 Å². The molecule has 0 radical (unpaired) electrons. The van der Waals surface area contributed by atoms with Crippen molar-refractivity contribution in [2.75, 3.05) is 0 Å². The molecular formula is C28H41NO. The van der Waals surface area contributed by atoms with Crippen LogP contribution in [0.2, 0.25) is 0 Å². The third kappa shape index (κ3) is 2.71.